The molecule has 22 heteroatoms. The Bertz CT molecular complexity index is 4610. The first-order valence-corrected chi connectivity index (χ1v) is 44.7. The molecule has 11 aromatic rings. The Hall–Kier alpha value is -9.87. The first-order chi connectivity index (χ1) is 56.7. The molecule has 0 unspecified atom stereocenters. The van der Waals surface area contributed by atoms with Gasteiger partial charge in [-0.25, -0.2) is 29.9 Å². The summed E-state index contributed by atoms with van der Waals surface area (Å²) in [4.78, 5) is 28.1. The van der Waals surface area contributed by atoms with Crippen molar-refractivity contribution in [2.75, 3.05) is 0 Å². The number of aryl methyl sites for hydroxylation is 2. The van der Waals surface area contributed by atoms with Crippen LogP contribution < -0.4 is 0 Å². The lowest BCUT2D eigenvalue weighted by atomic mass is 9.87. The molecule has 0 aliphatic carbocycles. The molecular formula is C102H152N14O4S4. The second kappa shape index (κ2) is 48.0. The van der Waals surface area contributed by atoms with Crippen molar-refractivity contribution in [1.82, 2.24) is 67.9 Å². The van der Waals surface area contributed by atoms with Gasteiger partial charge in [0.1, 0.15) is 57.1 Å². The molecule has 11 aromatic heterocycles. The molecule has 124 heavy (non-hydrogen) atoms. The maximum absolute atomic E-state index is 5.37. The van der Waals surface area contributed by atoms with Crippen LogP contribution in [0, 0.1) is 0 Å². The smallest absolute Gasteiger partial charge is 0.218 e. The van der Waals surface area contributed by atoms with E-state index in [-0.39, 0.29) is 59.6 Å². The molecule has 0 aromatic carbocycles. The lowest BCUT2D eigenvalue weighted by Gasteiger charge is -2.18. The van der Waals surface area contributed by atoms with E-state index in [0.717, 1.165) is 84.3 Å². The molecule has 0 saturated heterocycles. The predicted molar refractivity (Wildman–Crippen MR) is 541 cm³/mol. The average molecular weight is 1770 g/mol. The number of hydrogen-bond acceptors (Lipinski definition) is 19. The Labute approximate surface area is 763 Å². The van der Waals surface area contributed by atoms with Crippen molar-refractivity contribution in [3.63, 3.8) is 0 Å². The van der Waals surface area contributed by atoms with Crippen LogP contribution >= 0.6 is 45.7 Å². The maximum atomic E-state index is 5.37. The van der Waals surface area contributed by atoms with Gasteiger partial charge < -0.3 is 27.0 Å². The largest absolute Gasteiger partial charge is 0.445 e. The van der Waals surface area contributed by atoms with Crippen LogP contribution in [0.2, 0.25) is 0 Å². The second-order valence-electron chi connectivity index (χ2n) is 40.5. The first kappa shape index (κ1) is 112. The molecule has 0 atom stereocenters. The summed E-state index contributed by atoms with van der Waals surface area (Å²) in [5.41, 5.74) is 14.1. The van der Waals surface area contributed by atoms with Crippen LogP contribution in [0.3, 0.4) is 0 Å². The van der Waals surface area contributed by atoms with Gasteiger partial charge in [0.2, 0.25) is 11.8 Å². The molecule has 0 aliphatic rings. The van der Waals surface area contributed by atoms with E-state index >= 15 is 0 Å². The molecule has 0 N–H and O–H groups in total. The van der Waals surface area contributed by atoms with Crippen molar-refractivity contribution in [3.8, 4) is 0 Å². The maximum Gasteiger partial charge on any atom is 0.218 e. The fourth-order valence-corrected chi connectivity index (χ4v) is 13.3. The normalized spacial score (nSPS) is 11.6. The van der Waals surface area contributed by atoms with Gasteiger partial charge in [0.05, 0.1) is 40.4 Å². The van der Waals surface area contributed by atoms with Crippen LogP contribution in [-0.4, -0.2) is 67.9 Å². The summed E-state index contributed by atoms with van der Waals surface area (Å²) in [6.07, 6.45) is 30.1. The van der Waals surface area contributed by atoms with Gasteiger partial charge >= 0.3 is 0 Å². The molecule has 0 bridgehead atoms. The topological polar surface area (TPSA) is 209 Å². The van der Waals surface area contributed by atoms with Crippen LogP contribution in [0.5, 0.6) is 0 Å². The number of imidazole rings is 2. The first-order valence-electron chi connectivity index (χ1n) is 41.4. The van der Waals surface area contributed by atoms with Gasteiger partial charge in [0.25, 0.3) is 0 Å². The van der Waals surface area contributed by atoms with Crippen LogP contribution in [0.4, 0.5) is 0 Å². The van der Waals surface area contributed by atoms with Crippen LogP contribution in [0.15, 0.2) is 157 Å². The zero-order valence-corrected chi connectivity index (χ0v) is 85.8. The van der Waals surface area contributed by atoms with E-state index in [1.807, 2.05) is 54.9 Å². The Kier molecular flexibility index (Phi) is 43.4. The summed E-state index contributed by atoms with van der Waals surface area (Å²) in [5, 5.41) is 18.1. The van der Waals surface area contributed by atoms with Gasteiger partial charge in [0.15, 0.2) is 0 Å². The Morgan fingerprint density at radius 1 is 0.371 bits per heavy atom. The SMILES string of the molecule is C=Cc1cc(C(C)(C)C)n(C)n1.C=Cc1cc(C(C)(C)C)on1.C=Cc1cc(C(C)(C)C)sn1.C=Cc1nc(C(C)(C)C)cn1C.C=Cc1nc(C(C)(C)C)co1.C=Cc1nc(C(C)(C)C)cs1.C=Cc1ncc(C(C)(C)C)n1C.C=Cc1ncc(C(C)(C)C)o1.C=Cc1ncc(C(C)(C)C)s1.C=Cc1nocc1C(C)(C)C.C=Cc1nscc1C(C)(C)C. The fourth-order valence-electron chi connectivity index (χ4n) is 9.93. The molecule has 0 spiro atoms. The third-order valence-electron chi connectivity index (χ3n) is 17.7. The van der Waals surface area contributed by atoms with Gasteiger partial charge in [-0.2, -0.15) is 13.8 Å². The molecule has 18 nitrogen and oxygen atoms in total. The lowest BCUT2D eigenvalue weighted by molar-refractivity contribution is 0.328. The number of nitrogens with zero attached hydrogens (tertiary/aromatic N) is 14. The number of rotatable bonds is 11. The molecule has 11 heterocycles. The van der Waals surface area contributed by atoms with E-state index in [0.29, 0.717) is 11.8 Å². The van der Waals surface area contributed by atoms with E-state index in [1.165, 1.54) is 38.2 Å². The highest BCUT2D eigenvalue weighted by Gasteiger charge is 2.26. The summed E-state index contributed by atoms with van der Waals surface area (Å²) in [7, 11) is 5.97. The van der Waals surface area contributed by atoms with Gasteiger partial charge in [-0.05, 0) is 129 Å². The molecule has 678 valence electrons. The molecule has 0 radical (unpaired) electrons. The molecular weight excluding hydrogens is 1610 g/mol. The van der Waals surface area contributed by atoms with E-state index in [1.54, 1.807) is 114 Å². The summed E-state index contributed by atoms with van der Waals surface area (Å²) in [6, 6.07) is 6.08. The molecule has 0 fully saturated rings. The zero-order chi connectivity index (χ0) is 95.9. The number of hydrogen-bond donors (Lipinski definition) is 0. The Morgan fingerprint density at radius 2 is 0.895 bits per heavy atom. The van der Waals surface area contributed by atoms with Crippen LogP contribution in [0.1, 0.15) is 351 Å². The van der Waals surface area contributed by atoms with E-state index in [9.17, 15) is 0 Å². The van der Waals surface area contributed by atoms with Crippen LogP contribution in [0.25, 0.3) is 66.8 Å². The van der Waals surface area contributed by atoms with E-state index in [4.69, 9.17) is 17.9 Å². The number of oxazole rings is 2. The summed E-state index contributed by atoms with van der Waals surface area (Å²) < 4.78 is 34.9. The van der Waals surface area contributed by atoms with Crippen molar-refractivity contribution in [2.45, 2.75) is 288 Å². The standard InChI is InChI=1S/3C10H16N2.4C9H13NO.4C9H13NS/c1-6-9-11-8(7-12(9)5)10(2,3)4;1-6-9-11-7-8(12(9)5)10(2,3)4;1-6-8-7-9(10(2,3)4)12(5)11-8;1-5-8-10-7(6-11-8)9(2,3)4;1-5-8-10-6-7(11-8)9(2,3)4;1-5-8-7(6-11-10-8)9(2,3)4;1-5-7-6-8(11-10-7)9(2,3)4;1-5-8-10-7(6-11-8)9(2,3)4;1-5-8-10-6-7(11-8)9(2,3)4;1-5-8-7(6-11-10-8)9(2,3)4;1-5-7-6-8(11-10-7)9(2,3)4/h3*6-7H,1H2,2-5H3;8*5-6H,1H2,2-4H3. The average Bonchev–Trinajstić information content (AvgIpc) is 1.70. The number of aromatic nitrogens is 14. The molecule has 0 aliphatic heterocycles. The highest BCUT2D eigenvalue weighted by atomic mass is 32.1. The second-order valence-corrected chi connectivity index (χ2v) is 43.8. The van der Waals surface area contributed by atoms with Crippen molar-refractivity contribution in [1.29, 1.82) is 0 Å². The van der Waals surface area contributed by atoms with Crippen molar-refractivity contribution < 1.29 is 17.9 Å². The Balaban J connectivity index is 0.000000682. The third-order valence-corrected chi connectivity index (χ3v) is 21.8. The Morgan fingerprint density at radius 3 is 1.18 bits per heavy atom. The van der Waals surface area contributed by atoms with E-state index < -0.39 is 0 Å². The highest BCUT2D eigenvalue weighted by molar-refractivity contribution is 7.12. The van der Waals surface area contributed by atoms with Gasteiger partial charge in [-0.15, -0.1) is 22.7 Å². The summed E-state index contributed by atoms with van der Waals surface area (Å²) in [5.74, 6) is 4.84. The fraction of sp³-hybridized carbons (Fsp3) is 0.461. The lowest BCUT2D eigenvalue weighted by Crippen LogP contribution is -2.16. The van der Waals surface area contributed by atoms with Gasteiger partial charge in [-0.1, -0.05) is 311 Å². The zero-order valence-electron chi connectivity index (χ0n) is 82.5. The quantitative estimate of drug-likeness (QED) is 0.118. The minimum atomic E-state index is 0.0360. The third kappa shape index (κ3) is 38.7. The predicted octanol–water partition coefficient (Wildman–Crippen LogP) is 29.9. The monoisotopic (exact) mass is 1770 g/mol. The van der Waals surface area contributed by atoms with Gasteiger partial charge in [-0.3, -0.25) is 4.68 Å². The van der Waals surface area contributed by atoms with E-state index in [2.05, 4.69) is 389 Å². The molecule has 0 saturated carbocycles. The van der Waals surface area contributed by atoms with Crippen LogP contribution in [-0.2, 0) is 80.7 Å². The molecule has 11 rings (SSSR count). The van der Waals surface area contributed by atoms with Crippen molar-refractivity contribution >= 4 is 113 Å². The molecule has 0 amide bonds. The van der Waals surface area contributed by atoms with Crippen molar-refractivity contribution in [3.05, 3.63) is 261 Å². The summed E-state index contributed by atoms with van der Waals surface area (Å²) >= 11 is 6.41. The number of thiazole rings is 2. The minimum Gasteiger partial charge on any atom is -0.445 e. The highest BCUT2D eigenvalue weighted by Crippen LogP contribution is 2.33. The summed E-state index contributed by atoms with van der Waals surface area (Å²) in [6.45, 7) is 111. The van der Waals surface area contributed by atoms with Crippen molar-refractivity contribution in [2.24, 2.45) is 21.1 Å². The van der Waals surface area contributed by atoms with Gasteiger partial charge in [0, 0.05) is 121 Å². The minimum absolute atomic E-state index is 0.0360.